The van der Waals surface area contributed by atoms with E-state index in [-0.39, 0.29) is 10.5 Å². The largest absolute Gasteiger partial charge is 0.462 e. The average Bonchev–Trinajstić information content (AvgIpc) is 2.95. The van der Waals surface area contributed by atoms with Gasteiger partial charge in [-0.05, 0) is 42.8 Å². The number of carbonyl (C=O) groups excluding carboxylic acids is 1. The number of rotatable bonds is 7. The van der Waals surface area contributed by atoms with Gasteiger partial charge in [0.25, 0.3) is 10.0 Å². The number of fused-ring (bicyclic) bond motifs is 1. The van der Waals surface area contributed by atoms with Gasteiger partial charge in [-0.15, -0.1) is 0 Å². The first-order valence-corrected chi connectivity index (χ1v) is 10.2. The Morgan fingerprint density at radius 1 is 1.18 bits per heavy atom. The number of sulfonamides is 1. The van der Waals surface area contributed by atoms with Crippen LogP contribution in [0.5, 0.6) is 0 Å². The minimum Gasteiger partial charge on any atom is -0.462 e. The van der Waals surface area contributed by atoms with Crippen molar-refractivity contribution in [2.24, 2.45) is 7.05 Å². The number of ether oxygens (including phenoxy) is 1. The second-order valence-corrected chi connectivity index (χ2v) is 7.91. The van der Waals surface area contributed by atoms with Crippen molar-refractivity contribution < 1.29 is 22.4 Å². The van der Waals surface area contributed by atoms with E-state index in [1.165, 1.54) is 54.1 Å². The summed E-state index contributed by atoms with van der Waals surface area (Å²) in [5.74, 6) is -1.02. The molecule has 9 heteroatoms. The van der Waals surface area contributed by atoms with Crippen LogP contribution in [0.25, 0.3) is 11.1 Å². The van der Waals surface area contributed by atoms with Gasteiger partial charge in [0.05, 0.1) is 22.6 Å². The summed E-state index contributed by atoms with van der Waals surface area (Å²) in [5, 5.41) is 0. The Balaban J connectivity index is 1.77. The summed E-state index contributed by atoms with van der Waals surface area (Å²) in [6.45, 7) is 2.35. The molecule has 0 aliphatic rings. The van der Waals surface area contributed by atoms with Gasteiger partial charge in [0.2, 0.25) is 0 Å². The smallest absolute Gasteiger partial charge is 0.419 e. The SMILES string of the molecule is CCCCOC(=O)c1ccc(NS(=O)(=O)c2ccc3c(c2)oc(=O)n3C)cc1. The first-order valence-electron chi connectivity index (χ1n) is 8.71. The molecule has 1 heterocycles. The van der Waals surface area contributed by atoms with Crippen molar-refractivity contribution >= 4 is 32.8 Å². The summed E-state index contributed by atoms with van der Waals surface area (Å²) in [6.07, 6.45) is 1.71. The molecule has 28 heavy (non-hydrogen) atoms. The molecule has 1 aromatic heterocycles. The Morgan fingerprint density at radius 3 is 2.57 bits per heavy atom. The second-order valence-electron chi connectivity index (χ2n) is 6.23. The van der Waals surface area contributed by atoms with Gasteiger partial charge >= 0.3 is 11.7 Å². The highest BCUT2D eigenvalue weighted by molar-refractivity contribution is 7.92. The number of esters is 1. The molecule has 0 aliphatic heterocycles. The van der Waals surface area contributed by atoms with Gasteiger partial charge in [0.15, 0.2) is 5.58 Å². The van der Waals surface area contributed by atoms with E-state index in [1.807, 2.05) is 6.92 Å². The van der Waals surface area contributed by atoms with Gasteiger partial charge in [-0.2, -0.15) is 0 Å². The molecule has 0 radical (unpaired) electrons. The van der Waals surface area contributed by atoms with Gasteiger partial charge in [-0.3, -0.25) is 9.29 Å². The molecule has 0 bridgehead atoms. The zero-order valence-electron chi connectivity index (χ0n) is 15.5. The number of hydrogen-bond donors (Lipinski definition) is 1. The lowest BCUT2D eigenvalue weighted by Gasteiger charge is -2.09. The maximum atomic E-state index is 12.6. The summed E-state index contributed by atoms with van der Waals surface area (Å²) in [6, 6.07) is 10.1. The second kappa shape index (κ2) is 7.89. The normalized spacial score (nSPS) is 11.5. The van der Waals surface area contributed by atoms with Crippen molar-refractivity contribution in [3.05, 3.63) is 58.6 Å². The third kappa shape index (κ3) is 4.09. The zero-order chi connectivity index (χ0) is 20.3. The third-order valence-corrected chi connectivity index (χ3v) is 5.56. The summed E-state index contributed by atoms with van der Waals surface area (Å²) < 4.78 is 39.1. The monoisotopic (exact) mass is 404 g/mol. The Labute approximate surface area is 161 Å². The van der Waals surface area contributed by atoms with Gasteiger partial charge < -0.3 is 9.15 Å². The average molecular weight is 404 g/mol. The molecular formula is C19H20N2O6S. The van der Waals surface area contributed by atoms with Crippen LogP contribution in [0.1, 0.15) is 30.1 Å². The molecule has 1 N–H and O–H groups in total. The fraction of sp³-hybridized carbons (Fsp3) is 0.263. The fourth-order valence-electron chi connectivity index (χ4n) is 2.56. The van der Waals surface area contributed by atoms with Gasteiger partial charge in [0.1, 0.15) is 0 Å². The van der Waals surface area contributed by atoms with Crippen molar-refractivity contribution in [3.63, 3.8) is 0 Å². The van der Waals surface area contributed by atoms with Crippen LogP contribution >= 0.6 is 0 Å². The van der Waals surface area contributed by atoms with Crippen LogP contribution in [-0.2, 0) is 21.8 Å². The molecule has 0 aliphatic carbocycles. The highest BCUT2D eigenvalue weighted by Crippen LogP contribution is 2.21. The number of unbranched alkanes of at least 4 members (excludes halogenated alkanes) is 1. The Bertz CT molecular complexity index is 1160. The topological polar surface area (TPSA) is 108 Å². The molecule has 2 aromatic carbocycles. The minimum absolute atomic E-state index is 0.0441. The lowest BCUT2D eigenvalue weighted by Crippen LogP contribution is -2.13. The van der Waals surface area contributed by atoms with E-state index in [9.17, 15) is 18.0 Å². The predicted molar refractivity (Wildman–Crippen MR) is 104 cm³/mol. The maximum Gasteiger partial charge on any atom is 0.419 e. The first kappa shape index (κ1) is 19.7. The number of nitrogens with zero attached hydrogens (tertiary/aromatic N) is 1. The van der Waals surface area contributed by atoms with Crippen LogP contribution in [-0.4, -0.2) is 25.6 Å². The molecule has 0 fully saturated rings. The Hall–Kier alpha value is -3.07. The van der Waals surface area contributed by atoms with Crippen LogP contribution in [0.15, 0.2) is 56.6 Å². The summed E-state index contributed by atoms with van der Waals surface area (Å²) >= 11 is 0. The van der Waals surface area contributed by atoms with E-state index < -0.39 is 21.7 Å². The highest BCUT2D eigenvalue weighted by Gasteiger charge is 2.17. The molecular weight excluding hydrogens is 384 g/mol. The van der Waals surface area contributed by atoms with Crippen molar-refractivity contribution in [2.75, 3.05) is 11.3 Å². The third-order valence-electron chi connectivity index (χ3n) is 4.18. The summed E-state index contributed by atoms with van der Waals surface area (Å²) in [5.41, 5.74) is 1.31. The zero-order valence-corrected chi connectivity index (χ0v) is 16.3. The van der Waals surface area contributed by atoms with Crippen molar-refractivity contribution in [2.45, 2.75) is 24.7 Å². The summed E-state index contributed by atoms with van der Waals surface area (Å²) in [4.78, 5) is 23.4. The fourth-order valence-corrected chi connectivity index (χ4v) is 3.64. The number of benzene rings is 2. The standard InChI is InChI=1S/C19H20N2O6S/c1-3-4-11-26-18(22)13-5-7-14(8-6-13)20-28(24,25)15-9-10-16-17(12-15)27-19(23)21(16)2/h5-10,12,20H,3-4,11H2,1-2H3. The molecule has 0 unspecified atom stereocenters. The van der Waals surface area contributed by atoms with Crippen LogP contribution in [0.4, 0.5) is 5.69 Å². The number of carbonyl (C=O) groups is 1. The molecule has 0 saturated heterocycles. The Kier molecular flexibility index (Phi) is 5.55. The van der Waals surface area contributed by atoms with E-state index in [4.69, 9.17) is 9.15 Å². The van der Waals surface area contributed by atoms with E-state index in [1.54, 1.807) is 0 Å². The molecule has 0 atom stereocenters. The predicted octanol–water partition coefficient (Wildman–Crippen LogP) is 2.89. The lowest BCUT2D eigenvalue weighted by atomic mass is 10.2. The molecule has 3 aromatic rings. The van der Waals surface area contributed by atoms with Crippen molar-refractivity contribution in [3.8, 4) is 0 Å². The molecule has 0 amide bonds. The molecule has 148 valence electrons. The van der Waals surface area contributed by atoms with Crippen LogP contribution in [0, 0.1) is 0 Å². The van der Waals surface area contributed by atoms with Crippen LogP contribution in [0.3, 0.4) is 0 Å². The first-order chi connectivity index (χ1) is 13.3. The Morgan fingerprint density at radius 2 is 1.89 bits per heavy atom. The van der Waals surface area contributed by atoms with E-state index in [0.717, 1.165) is 12.8 Å². The summed E-state index contributed by atoms with van der Waals surface area (Å²) in [7, 11) is -2.36. The highest BCUT2D eigenvalue weighted by atomic mass is 32.2. The molecule has 8 nitrogen and oxygen atoms in total. The van der Waals surface area contributed by atoms with E-state index in [2.05, 4.69) is 4.72 Å². The number of aryl methyl sites for hydroxylation is 1. The number of oxazole rings is 1. The molecule has 0 saturated carbocycles. The van der Waals surface area contributed by atoms with Gasteiger partial charge in [-0.25, -0.2) is 18.0 Å². The van der Waals surface area contributed by atoms with Crippen LogP contribution < -0.4 is 10.5 Å². The maximum absolute atomic E-state index is 12.6. The minimum atomic E-state index is -3.90. The van der Waals surface area contributed by atoms with E-state index >= 15 is 0 Å². The molecule has 3 rings (SSSR count). The molecule has 0 spiro atoms. The van der Waals surface area contributed by atoms with Crippen molar-refractivity contribution in [1.82, 2.24) is 4.57 Å². The lowest BCUT2D eigenvalue weighted by molar-refractivity contribution is 0.0500. The van der Waals surface area contributed by atoms with E-state index in [0.29, 0.717) is 23.4 Å². The number of nitrogens with one attached hydrogen (secondary N) is 1. The quantitative estimate of drug-likeness (QED) is 0.479. The van der Waals surface area contributed by atoms with Crippen LogP contribution in [0.2, 0.25) is 0 Å². The van der Waals surface area contributed by atoms with Gasteiger partial charge in [0, 0.05) is 18.8 Å². The number of anilines is 1. The number of hydrogen-bond acceptors (Lipinski definition) is 6. The number of aromatic nitrogens is 1. The van der Waals surface area contributed by atoms with Crippen molar-refractivity contribution in [1.29, 1.82) is 0 Å². The van der Waals surface area contributed by atoms with Gasteiger partial charge in [-0.1, -0.05) is 13.3 Å².